The van der Waals surface area contributed by atoms with E-state index < -0.39 is 0 Å². The summed E-state index contributed by atoms with van der Waals surface area (Å²) in [7, 11) is 4.93. The van der Waals surface area contributed by atoms with Crippen molar-refractivity contribution in [1.29, 1.82) is 0 Å². The number of anilines is 1. The molecule has 1 heterocycles. The zero-order valence-electron chi connectivity index (χ0n) is 16.4. The lowest BCUT2D eigenvalue weighted by Gasteiger charge is -2.20. The highest BCUT2D eigenvalue weighted by atomic mass is 16.5. The van der Waals surface area contributed by atoms with E-state index in [0.29, 0.717) is 23.9 Å². The van der Waals surface area contributed by atoms with Gasteiger partial charge in [0, 0.05) is 25.5 Å². The van der Waals surface area contributed by atoms with Crippen molar-refractivity contribution in [3.63, 3.8) is 0 Å². The minimum atomic E-state index is -0.0619. The fourth-order valence-corrected chi connectivity index (χ4v) is 2.79. The van der Waals surface area contributed by atoms with Crippen LogP contribution >= 0.6 is 0 Å². The molecule has 7 nitrogen and oxygen atoms in total. The van der Waals surface area contributed by atoms with Crippen LogP contribution in [0.25, 0.3) is 11.4 Å². The van der Waals surface area contributed by atoms with Gasteiger partial charge in [0.15, 0.2) is 0 Å². The number of carbonyl (C=O) groups excluding carboxylic acids is 1. The molecule has 0 saturated heterocycles. The van der Waals surface area contributed by atoms with E-state index in [9.17, 15) is 4.79 Å². The maximum atomic E-state index is 12.6. The molecule has 7 heteroatoms. The zero-order valence-corrected chi connectivity index (χ0v) is 16.4. The Labute approximate surface area is 163 Å². The standard InChI is InChI=1S/C21H23N3O4/c1-14-5-10-18(27-4)17(13-14)24(2)20(25)12-11-19-22-21(23-28-19)15-6-8-16(26-3)9-7-15/h5-10,13H,11-12H2,1-4H3. The summed E-state index contributed by atoms with van der Waals surface area (Å²) < 4.78 is 15.8. The van der Waals surface area contributed by atoms with E-state index in [-0.39, 0.29) is 12.3 Å². The Balaban J connectivity index is 1.65. The van der Waals surface area contributed by atoms with Gasteiger partial charge in [-0.1, -0.05) is 11.2 Å². The van der Waals surface area contributed by atoms with Crippen LogP contribution in [-0.2, 0) is 11.2 Å². The minimum Gasteiger partial charge on any atom is -0.497 e. The van der Waals surface area contributed by atoms with Gasteiger partial charge in [0.05, 0.1) is 19.9 Å². The molecule has 1 aromatic heterocycles. The molecule has 1 amide bonds. The van der Waals surface area contributed by atoms with Crippen LogP contribution in [0.15, 0.2) is 47.0 Å². The maximum Gasteiger partial charge on any atom is 0.227 e. The fourth-order valence-electron chi connectivity index (χ4n) is 2.79. The first kappa shape index (κ1) is 19.4. The SMILES string of the molecule is COc1ccc(-c2noc(CCC(=O)N(C)c3cc(C)ccc3OC)n2)cc1. The predicted molar refractivity (Wildman–Crippen MR) is 106 cm³/mol. The van der Waals surface area contributed by atoms with Crippen molar-refractivity contribution < 1.29 is 18.8 Å². The molecule has 28 heavy (non-hydrogen) atoms. The van der Waals surface area contributed by atoms with E-state index in [4.69, 9.17) is 14.0 Å². The van der Waals surface area contributed by atoms with E-state index in [0.717, 1.165) is 22.6 Å². The Morgan fingerprint density at radius 2 is 1.86 bits per heavy atom. The van der Waals surface area contributed by atoms with Crippen LogP contribution in [0.1, 0.15) is 17.9 Å². The van der Waals surface area contributed by atoms with E-state index in [1.54, 1.807) is 26.2 Å². The summed E-state index contributed by atoms with van der Waals surface area (Å²) in [6.07, 6.45) is 0.609. The van der Waals surface area contributed by atoms with Crippen LogP contribution in [0.5, 0.6) is 11.5 Å². The molecule has 0 N–H and O–H groups in total. The molecule has 0 unspecified atom stereocenters. The van der Waals surface area contributed by atoms with Gasteiger partial charge in [0.2, 0.25) is 17.6 Å². The molecule has 0 aliphatic carbocycles. The highest BCUT2D eigenvalue weighted by molar-refractivity contribution is 5.94. The number of rotatable bonds is 7. The number of aromatic nitrogens is 2. The van der Waals surface area contributed by atoms with Gasteiger partial charge in [-0.05, 0) is 48.9 Å². The van der Waals surface area contributed by atoms with Crippen LogP contribution < -0.4 is 14.4 Å². The van der Waals surface area contributed by atoms with Crippen molar-refractivity contribution in [2.24, 2.45) is 0 Å². The quantitative estimate of drug-likeness (QED) is 0.622. The Morgan fingerprint density at radius 3 is 2.54 bits per heavy atom. The number of carbonyl (C=O) groups is 1. The molecular formula is C21H23N3O4. The lowest BCUT2D eigenvalue weighted by Crippen LogP contribution is -2.27. The van der Waals surface area contributed by atoms with Gasteiger partial charge in [-0.3, -0.25) is 4.79 Å². The Kier molecular flexibility index (Phi) is 5.93. The summed E-state index contributed by atoms with van der Waals surface area (Å²) in [6, 6.07) is 13.1. The van der Waals surface area contributed by atoms with Crippen molar-refractivity contribution in [3.05, 3.63) is 53.9 Å². The number of ether oxygens (including phenoxy) is 2. The number of aryl methyl sites for hydroxylation is 2. The number of benzene rings is 2. The molecule has 146 valence electrons. The molecule has 0 saturated carbocycles. The Bertz CT molecular complexity index is 951. The minimum absolute atomic E-state index is 0.0619. The summed E-state index contributed by atoms with van der Waals surface area (Å²) in [5.74, 6) is 2.25. The number of nitrogens with zero attached hydrogens (tertiary/aromatic N) is 3. The van der Waals surface area contributed by atoms with Crippen molar-refractivity contribution in [2.75, 3.05) is 26.2 Å². The monoisotopic (exact) mass is 381 g/mol. The third kappa shape index (κ3) is 4.31. The van der Waals surface area contributed by atoms with Crippen LogP contribution in [0.4, 0.5) is 5.69 Å². The molecule has 0 fully saturated rings. The Morgan fingerprint density at radius 1 is 1.11 bits per heavy atom. The first-order chi connectivity index (χ1) is 13.5. The largest absolute Gasteiger partial charge is 0.497 e. The first-order valence-electron chi connectivity index (χ1n) is 8.90. The van der Waals surface area contributed by atoms with Crippen molar-refractivity contribution in [1.82, 2.24) is 10.1 Å². The molecule has 2 aromatic carbocycles. The molecule has 0 aliphatic rings. The molecule has 0 atom stereocenters. The highest BCUT2D eigenvalue weighted by Crippen LogP contribution is 2.29. The molecular weight excluding hydrogens is 358 g/mol. The molecule has 3 aromatic rings. The van der Waals surface area contributed by atoms with Gasteiger partial charge >= 0.3 is 0 Å². The van der Waals surface area contributed by atoms with Gasteiger partial charge < -0.3 is 18.9 Å². The summed E-state index contributed by atoms with van der Waals surface area (Å²) in [4.78, 5) is 18.6. The number of hydrogen-bond donors (Lipinski definition) is 0. The average molecular weight is 381 g/mol. The van der Waals surface area contributed by atoms with E-state index in [1.165, 1.54) is 0 Å². The van der Waals surface area contributed by atoms with Crippen LogP contribution in [0.3, 0.4) is 0 Å². The van der Waals surface area contributed by atoms with Gasteiger partial charge in [0.25, 0.3) is 0 Å². The topological polar surface area (TPSA) is 77.7 Å². The lowest BCUT2D eigenvalue weighted by molar-refractivity contribution is -0.118. The summed E-state index contributed by atoms with van der Waals surface area (Å²) in [5.41, 5.74) is 2.61. The highest BCUT2D eigenvalue weighted by Gasteiger charge is 2.17. The Hall–Kier alpha value is -3.35. The van der Waals surface area contributed by atoms with Crippen LogP contribution in [0, 0.1) is 6.92 Å². The van der Waals surface area contributed by atoms with Crippen molar-refractivity contribution in [2.45, 2.75) is 19.8 Å². The van der Waals surface area contributed by atoms with E-state index in [2.05, 4.69) is 10.1 Å². The number of amides is 1. The van der Waals surface area contributed by atoms with E-state index in [1.807, 2.05) is 49.4 Å². The first-order valence-corrected chi connectivity index (χ1v) is 8.90. The second kappa shape index (κ2) is 8.56. The number of hydrogen-bond acceptors (Lipinski definition) is 6. The average Bonchev–Trinajstić information content (AvgIpc) is 3.20. The molecule has 0 aliphatic heterocycles. The van der Waals surface area contributed by atoms with Gasteiger partial charge in [-0.25, -0.2) is 0 Å². The van der Waals surface area contributed by atoms with Crippen LogP contribution in [-0.4, -0.2) is 37.3 Å². The normalized spacial score (nSPS) is 10.6. The van der Waals surface area contributed by atoms with Crippen molar-refractivity contribution >= 4 is 11.6 Å². The molecule has 0 radical (unpaired) electrons. The summed E-state index contributed by atoms with van der Waals surface area (Å²) in [6.45, 7) is 1.97. The zero-order chi connectivity index (χ0) is 20.1. The third-order valence-corrected chi connectivity index (χ3v) is 4.44. The molecule has 0 bridgehead atoms. The molecule has 0 spiro atoms. The van der Waals surface area contributed by atoms with Gasteiger partial charge in [-0.2, -0.15) is 4.98 Å². The smallest absolute Gasteiger partial charge is 0.227 e. The fraction of sp³-hybridized carbons (Fsp3) is 0.286. The summed E-state index contributed by atoms with van der Waals surface area (Å²) >= 11 is 0. The van der Waals surface area contributed by atoms with E-state index >= 15 is 0 Å². The predicted octanol–water partition coefficient (Wildman–Crippen LogP) is 3.66. The number of methoxy groups -OCH3 is 2. The van der Waals surface area contributed by atoms with Gasteiger partial charge in [-0.15, -0.1) is 0 Å². The maximum absolute atomic E-state index is 12.6. The second-order valence-electron chi connectivity index (χ2n) is 6.37. The summed E-state index contributed by atoms with van der Waals surface area (Å²) in [5, 5.41) is 3.99. The lowest BCUT2D eigenvalue weighted by atomic mass is 10.1. The second-order valence-corrected chi connectivity index (χ2v) is 6.37. The van der Waals surface area contributed by atoms with Gasteiger partial charge in [0.1, 0.15) is 11.5 Å². The molecule has 3 rings (SSSR count). The third-order valence-electron chi connectivity index (χ3n) is 4.44. The van der Waals surface area contributed by atoms with Crippen LogP contribution in [0.2, 0.25) is 0 Å². The van der Waals surface area contributed by atoms with Crippen molar-refractivity contribution in [3.8, 4) is 22.9 Å².